The topological polar surface area (TPSA) is 20.3 Å². The summed E-state index contributed by atoms with van der Waals surface area (Å²) in [6.07, 6.45) is 4.67. The van der Waals surface area contributed by atoms with Gasteiger partial charge in [-0.3, -0.25) is 4.79 Å². The summed E-state index contributed by atoms with van der Waals surface area (Å²) in [5, 5.41) is 0. The van der Waals surface area contributed by atoms with Gasteiger partial charge in [0, 0.05) is 20.0 Å². The Kier molecular flexibility index (Phi) is 12.2. The molecule has 2 nitrogen and oxygen atoms in total. The normalized spacial score (nSPS) is 13.4. The van der Waals surface area contributed by atoms with Crippen LogP contribution in [0, 0.1) is 5.92 Å². The smallest absolute Gasteiger partial charge is 0.219 e. The molecule has 16 heavy (non-hydrogen) atoms. The zero-order chi connectivity index (χ0) is 13.1. The molecule has 0 rings (SSSR count). The van der Waals surface area contributed by atoms with Gasteiger partial charge in [-0.1, -0.05) is 41.0 Å². The van der Waals surface area contributed by atoms with E-state index in [2.05, 4.69) is 20.8 Å². The Labute approximate surface area is 102 Å². The summed E-state index contributed by atoms with van der Waals surface area (Å²) in [7, 11) is 1.91. The van der Waals surface area contributed by atoms with Crippen LogP contribution in [0.3, 0.4) is 0 Å². The van der Waals surface area contributed by atoms with Crippen molar-refractivity contribution in [3.8, 4) is 0 Å². The van der Waals surface area contributed by atoms with E-state index < -0.39 is 0 Å². The van der Waals surface area contributed by atoms with Crippen molar-refractivity contribution in [1.29, 1.82) is 0 Å². The molecule has 0 saturated heterocycles. The average Bonchev–Trinajstić information content (AvgIpc) is 2.31. The van der Waals surface area contributed by atoms with Crippen LogP contribution in [-0.2, 0) is 4.79 Å². The van der Waals surface area contributed by atoms with Crippen LogP contribution in [0.5, 0.6) is 0 Å². The summed E-state index contributed by atoms with van der Waals surface area (Å²) >= 11 is 0. The van der Waals surface area contributed by atoms with Crippen LogP contribution >= 0.6 is 0 Å². The van der Waals surface area contributed by atoms with Gasteiger partial charge in [0.25, 0.3) is 0 Å². The zero-order valence-electron chi connectivity index (χ0n) is 12.3. The van der Waals surface area contributed by atoms with Gasteiger partial charge in [-0.15, -0.1) is 0 Å². The molecular formula is C14H31NO. The summed E-state index contributed by atoms with van der Waals surface area (Å²) in [5.41, 5.74) is 0. The molecule has 0 aliphatic rings. The van der Waals surface area contributed by atoms with Crippen molar-refractivity contribution in [2.24, 2.45) is 5.92 Å². The van der Waals surface area contributed by atoms with Crippen molar-refractivity contribution in [3.63, 3.8) is 0 Å². The zero-order valence-corrected chi connectivity index (χ0v) is 12.3. The quantitative estimate of drug-likeness (QED) is 0.671. The minimum atomic E-state index is 0.181. The first-order chi connectivity index (χ1) is 7.52. The minimum absolute atomic E-state index is 0.181. The minimum Gasteiger partial charge on any atom is -0.343 e. The van der Waals surface area contributed by atoms with Crippen LogP contribution in [0.15, 0.2) is 0 Å². The fraction of sp³-hybridized carbons (Fsp3) is 0.929. The molecule has 0 aromatic rings. The van der Waals surface area contributed by atoms with Gasteiger partial charge in [-0.05, 0) is 25.2 Å². The molecule has 0 fully saturated rings. The van der Waals surface area contributed by atoms with Crippen molar-refractivity contribution in [1.82, 2.24) is 4.90 Å². The molecule has 1 amide bonds. The standard InChI is InChI=1S/C12H25NO.C2H6/c1-6-10(3)8-9-12(7-2)13(5)11(4)14;1-2/h10,12H,6-9H2,1-5H3;1-2H3. The molecule has 98 valence electrons. The number of hydrogen-bond donors (Lipinski definition) is 0. The number of nitrogens with zero attached hydrogens (tertiary/aromatic N) is 1. The molecule has 0 aliphatic heterocycles. The van der Waals surface area contributed by atoms with Crippen molar-refractivity contribution in [2.75, 3.05) is 7.05 Å². The number of carbonyl (C=O) groups excluding carboxylic acids is 1. The van der Waals surface area contributed by atoms with E-state index in [4.69, 9.17) is 0 Å². The third-order valence-electron chi connectivity index (χ3n) is 3.21. The van der Waals surface area contributed by atoms with Gasteiger partial charge in [0.05, 0.1) is 0 Å². The van der Waals surface area contributed by atoms with Gasteiger partial charge in [0.2, 0.25) is 5.91 Å². The molecule has 0 saturated carbocycles. The highest BCUT2D eigenvalue weighted by atomic mass is 16.2. The van der Waals surface area contributed by atoms with Crippen molar-refractivity contribution in [2.45, 2.75) is 73.3 Å². The summed E-state index contributed by atoms with van der Waals surface area (Å²) in [6.45, 7) is 12.3. The van der Waals surface area contributed by atoms with E-state index in [1.807, 2.05) is 25.8 Å². The van der Waals surface area contributed by atoms with E-state index in [0.717, 1.165) is 18.8 Å². The monoisotopic (exact) mass is 229 g/mol. The molecule has 0 bridgehead atoms. The largest absolute Gasteiger partial charge is 0.343 e. The first-order valence-electron chi connectivity index (χ1n) is 6.76. The van der Waals surface area contributed by atoms with Crippen molar-refractivity contribution < 1.29 is 4.79 Å². The van der Waals surface area contributed by atoms with Crippen LogP contribution in [0.2, 0.25) is 0 Å². The Morgan fingerprint density at radius 2 is 1.62 bits per heavy atom. The predicted octanol–water partition coefficient (Wildman–Crippen LogP) is 4.10. The lowest BCUT2D eigenvalue weighted by Crippen LogP contribution is -2.35. The summed E-state index contributed by atoms with van der Waals surface area (Å²) in [6, 6.07) is 0.432. The van der Waals surface area contributed by atoms with Crippen LogP contribution in [-0.4, -0.2) is 23.9 Å². The van der Waals surface area contributed by atoms with Gasteiger partial charge in [-0.2, -0.15) is 0 Å². The maximum atomic E-state index is 11.2. The predicted molar refractivity (Wildman–Crippen MR) is 72.6 cm³/mol. The highest BCUT2D eigenvalue weighted by Gasteiger charge is 2.15. The lowest BCUT2D eigenvalue weighted by atomic mass is 9.97. The van der Waals surface area contributed by atoms with Crippen LogP contribution in [0.1, 0.15) is 67.2 Å². The summed E-state index contributed by atoms with van der Waals surface area (Å²) in [5.74, 6) is 0.963. The summed E-state index contributed by atoms with van der Waals surface area (Å²) < 4.78 is 0. The maximum absolute atomic E-state index is 11.2. The van der Waals surface area contributed by atoms with E-state index in [1.165, 1.54) is 12.8 Å². The number of hydrogen-bond acceptors (Lipinski definition) is 1. The fourth-order valence-electron chi connectivity index (χ4n) is 1.61. The SMILES string of the molecule is CC.CCC(C)CCC(CC)N(C)C(C)=O. The lowest BCUT2D eigenvalue weighted by molar-refractivity contribution is -0.129. The molecule has 0 aromatic carbocycles. The third-order valence-corrected chi connectivity index (χ3v) is 3.21. The number of carbonyl (C=O) groups is 1. The Balaban J connectivity index is 0. The van der Waals surface area contributed by atoms with Gasteiger partial charge in [0.15, 0.2) is 0 Å². The number of rotatable bonds is 6. The molecule has 2 unspecified atom stereocenters. The molecule has 0 heterocycles. The van der Waals surface area contributed by atoms with Gasteiger partial charge < -0.3 is 4.90 Å². The van der Waals surface area contributed by atoms with Crippen LogP contribution in [0.4, 0.5) is 0 Å². The average molecular weight is 229 g/mol. The second-order valence-corrected chi connectivity index (χ2v) is 4.28. The van der Waals surface area contributed by atoms with E-state index in [1.54, 1.807) is 6.92 Å². The second-order valence-electron chi connectivity index (χ2n) is 4.28. The van der Waals surface area contributed by atoms with E-state index in [-0.39, 0.29) is 5.91 Å². The molecule has 0 radical (unpaired) electrons. The van der Waals surface area contributed by atoms with E-state index >= 15 is 0 Å². The van der Waals surface area contributed by atoms with Crippen LogP contribution in [0.25, 0.3) is 0 Å². The van der Waals surface area contributed by atoms with Gasteiger partial charge >= 0.3 is 0 Å². The third kappa shape index (κ3) is 7.72. The first kappa shape index (κ1) is 17.9. The number of amides is 1. The van der Waals surface area contributed by atoms with E-state index in [9.17, 15) is 4.79 Å². The van der Waals surface area contributed by atoms with Crippen LogP contribution < -0.4 is 0 Å². The molecule has 2 heteroatoms. The summed E-state index contributed by atoms with van der Waals surface area (Å²) in [4.78, 5) is 13.1. The molecule has 0 aromatic heterocycles. The molecule has 0 N–H and O–H groups in total. The van der Waals surface area contributed by atoms with Crippen molar-refractivity contribution >= 4 is 5.91 Å². The van der Waals surface area contributed by atoms with Gasteiger partial charge in [-0.25, -0.2) is 0 Å². The Morgan fingerprint density at radius 1 is 1.12 bits per heavy atom. The molecule has 2 atom stereocenters. The molecular weight excluding hydrogens is 198 g/mol. The highest BCUT2D eigenvalue weighted by Crippen LogP contribution is 2.16. The van der Waals surface area contributed by atoms with Crippen molar-refractivity contribution in [3.05, 3.63) is 0 Å². The molecule has 0 aliphatic carbocycles. The lowest BCUT2D eigenvalue weighted by Gasteiger charge is -2.27. The first-order valence-corrected chi connectivity index (χ1v) is 6.76. The second kappa shape index (κ2) is 11.0. The molecule has 0 spiro atoms. The Hall–Kier alpha value is -0.530. The maximum Gasteiger partial charge on any atom is 0.219 e. The Morgan fingerprint density at radius 3 is 1.94 bits per heavy atom. The van der Waals surface area contributed by atoms with Gasteiger partial charge in [0.1, 0.15) is 0 Å². The Bertz CT molecular complexity index is 168. The highest BCUT2D eigenvalue weighted by molar-refractivity contribution is 5.73. The fourth-order valence-corrected chi connectivity index (χ4v) is 1.61. The van der Waals surface area contributed by atoms with E-state index in [0.29, 0.717) is 6.04 Å².